The zero-order valence-electron chi connectivity index (χ0n) is 6.20. The molecule has 1 aromatic heterocycles. The molecule has 4 N–H and O–H groups in total. The monoisotopic (exact) mass is 168 g/mol. The molecule has 12 heavy (non-hydrogen) atoms. The number of hydrogen-bond donors (Lipinski definition) is 3. The molecule has 0 spiro atoms. The number of hydrogen-bond acceptors (Lipinski definition) is 4. The Morgan fingerprint density at radius 1 is 1.75 bits per heavy atom. The number of aromatic hydroxyl groups is 1. The molecule has 0 saturated heterocycles. The lowest BCUT2D eigenvalue weighted by Crippen LogP contribution is -2.14. The van der Waals surface area contributed by atoms with Gasteiger partial charge in [-0.3, -0.25) is 10.2 Å². The Bertz CT molecular complexity index is 356. The molecule has 0 bridgehead atoms. The molecule has 1 heterocycles. The standard InChI is InChI=1S/C7H8N2O3/c8-6(9)3-5-7(11)4(10)1-2-12-5/h1-2,11H,3H2,(H3,8,9). The molecule has 64 valence electrons. The fourth-order valence-corrected chi connectivity index (χ4v) is 0.748. The van der Waals surface area contributed by atoms with Crippen LogP contribution in [-0.4, -0.2) is 10.9 Å². The highest BCUT2D eigenvalue weighted by Crippen LogP contribution is 2.10. The number of nitrogens with one attached hydrogen (secondary N) is 1. The van der Waals surface area contributed by atoms with Gasteiger partial charge in [0.25, 0.3) is 0 Å². The van der Waals surface area contributed by atoms with Crippen LogP contribution in [-0.2, 0) is 6.42 Å². The predicted octanol–water partition coefficient (Wildman–Crippen LogP) is -0.176. The molecule has 0 saturated carbocycles. The molecule has 0 fully saturated rings. The fourth-order valence-electron chi connectivity index (χ4n) is 0.748. The van der Waals surface area contributed by atoms with Gasteiger partial charge < -0.3 is 15.3 Å². The summed E-state index contributed by atoms with van der Waals surface area (Å²) in [7, 11) is 0. The Balaban J connectivity index is 3.08. The van der Waals surface area contributed by atoms with Crippen LogP contribution >= 0.6 is 0 Å². The van der Waals surface area contributed by atoms with Gasteiger partial charge >= 0.3 is 0 Å². The van der Waals surface area contributed by atoms with Gasteiger partial charge in [0.1, 0.15) is 0 Å². The molecule has 0 radical (unpaired) electrons. The lowest BCUT2D eigenvalue weighted by Gasteiger charge is -1.99. The first-order chi connectivity index (χ1) is 5.61. The van der Waals surface area contributed by atoms with Crippen molar-refractivity contribution in [1.82, 2.24) is 0 Å². The summed E-state index contributed by atoms with van der Waals surface area (Å²) in [4.78, 5) is 10.8. The molecule has 0 aliphatic rings. The van der Waals surface area contributed by atoms with Crippen LogP contribution in [0.15, 0.2) is 21.5 Å². The molecule has 5 heteroatoms. The van der Waals surface area contributed by atoms with Crippen LogP contribution in [0.1, 0.15) is 5.76 Å². The second-order valence-corrected chi connectivity index (χ2v) is 2.26. The van der Waals surface area contributed by atoms with E-state index >= 15 is 0 Å². The molecule has 0 unspecified atom stereocenters. The number of rotatable bonds is 2. The largest absolute Gasteiger partial charge is 0.502 e. The SMILES string of the molecule is N=C(N)Cc1occc(=O)c1O. The highest BCUT2D eigenvalue weighted by Gasteiger charge is 2.07. The van der Waals surface area contributed by atoms with E-state index in [4.69, 9.17) is 20.7 Å². The van der Waals surface area contributed by atoms with Crippen molar-refractivity contribution in [3.05, 3.63) is 28.3 Å². The maximum atomic E-state index is 10.8. The first-order valence-corrected chi connectivity index (χ1v) is 3.24. The van der Waals surface area contributed by atoms with Crippen molar-refractivity contribution in [2.75, 3.05) is 0 Å². The van der Waals surface area contributed by atoms with Gasteiger partial charge in [-0.1, -0.05) is 0 Å². The van der Waals surface area contributed by atoms with E-state index in [0.717, 1.165) is 12.3 Å². The summed E-state index contributed by atoms with van der Waals surface area (Å²) >= 11 is 0. The van der Waals surface area contributed by atoms with Gasteiger partial charge in [-0.15, -0.1) is 0 Å². The fraction of sp³-hybridized carbons (Fsp3) is 0.143. The normalized spacial score (nSPS) is 9.67. The van der Waals surface area contributed by atoms with Gasteiger partial charge in [0, 0.05) is 6.07 Å². The Hall–Kier alpha value is -1.78. The minimum Gasteiger partial charge on any atom is -0.502 e. The lowest BCUT2D eigenvalue weighted by atomic mass is 10.2. The lowest BCUT2D eigenvalue weighted by molar-refractivity contribution is 0.407. The summed E-state index contributed by atoms with van der Waals surface area (Å²) in [5.74, 6) is -0.623. The van der Waals surface area contributed by atoms with E-state index < -0.39 is 11.2 Å². The minimum absolute atomic E-state index is 0.0231. The van der Waals surface area contributed by atoms with Crippen molar-refractivity contribution < 1.29 is 9.52 Å². The van der Waals surface area contributed by atoms with Crippen molar-refractivity contribution in [2.24, 2.45) is 5.73 Å². The number of nitrogens with two attached hydrogens (primary N) is 1. The van der Waals surface area contributed by atoms with E-state index in [1.165, 1.54) is 0 Å². The van der Waals surface area contributed by atoms with Gasteiger partial charge in [-0.25, -0.2) is 0 Å². The maximum absolute atomic E-state index is 10.8. The zero-order valence-corrected chi connectivity index (χ0v) is 6.20. The summed E-state index contributed by atoms with van der Waals surface area (Å²) in [6.45, 7) is 0. The van der Waals surface area contributed by atoms with Crippen molar-refractivity contribution in [3.63, 3.8) is 0 Å². The molecule has 5 nitrogen and oxygen atoms in total. The molecule has 0 aromatic carbocycles. The second-order valence-electron chi connectivity index (χ2n) is 2.26. The Kier molecular flexibility index (Phi) is 2.14. The van der Waals surface area contributed by atoms with Crippen LogP contribution in [0.5, 0.6) is 5.75 Å². The first kappa shape index (κ1) is 8.32. The summed E-state index contributed by atoms with van der Waals surface area (Å²) in [5.41, 5.74) is 4.52. The van der Waals surface area contributed by atoms with Crippen LogP contribution in [0.4, 0.5) is 0 Å². The summed E-state index contributed by atoms with van der Waals surface area (Å²) in [5, 5.41) is 16.0. The van der Waals surface area contributed by atoms with Crippen LogP contribution in [0, 0.1) is 5.41 Å². The summed E-state index contributed by atoms with van der Waals surface area (Å²) in [6.07, 6.45) is 1.10. The van der Waals surface area contributed by atoms with Gasteiger partial charge in [0.15, 0.2) is 5.76 Å². The summed E-state index contributed by atoms with van der Waals surface area (Å²) in [6, 6.07) is 1.10. The quantitative estimate of drug-likeness (QED) is 0.421. The van der Waals surface area contributed by atoms with E-state index in [-0.39, 0.29) is 18.0 Å². The highest BCUT2D eigenvalue weighted by molar-refractivity contribution is 5.79. The molecule has 1 rings (SSSR count). The van der Waals surface area contributed by atoms with Crippen molar-refractivity contribution >= 4 is 5.84 Å². The van der Waals surface area contributed by atoms with Gasteiger partial charge in [-0.2, -0.15) is 0 Å². The predicted molar refractivity (Wildman–Crippen MR) is 42.3 cm³/mol. The Morgan fingerprint density at radius 3 is 3.00 bits per heavy atom. The number of amidine groups is 1. The van der Waals surface area contributed by atoms with Gasteiger partial charge in [0.2, 0.25) is 11.2 Å². The first-order valence-electron chi connectivity index (χ1n) is 3.24. The minimum atomic E-state index is -0.530. The second kappa shape index (κ2) is 3.08. The van der Waals surface area contributed by atoms with Crippen molar-refractivity contribution in [1.29, 1.82) is 5.41 Å². The molecule has 0 amide bonds. The zero-order chi connectivity index (χ0) is 9.14. The molecular weight excluding hydrogens is 160 g/mol. The van der Waals surface area contributed by atoms with E-state index in [1.54, 1.807) is 0 Å². The Morgan fingerprint density at radius 2 is 2.42 bits per heavy atom. The van der Waals surface area contributed by atoms with Crippen molar-refractivity contribution in [2.45, 2.75) is 6.42 Å². The van der Waals surface area contributed by atoms with E-state index in [1.807, 2.05) is 0 Å². The average molecular weight is 168 g/mol. The molecule has 0 aliphatic carbocycles. The molecule has 1 aromatic rings. The average Bonchev–Trinajstić information content (AvgIpc) is 1.98. The molecule has 0 aliphatic heterocycles. The molecular formula is C7H8N2O3. The highest BCUT2D eigenvalue weighted by atomic mass is 16.4. The van der Waals surface area contributed by atoms with Gasteiger partial charge in [0.05, 0.1) is 18.5 Å². The van der Waals surface area contributed by atoms with E-state index in [2.05, 4.69) is 0 Å². The third kappa shape index (κ3) is 1.63. The van der Waals surface area contributed by atoms with Crippen LogP contribution in [0.2, 0.25) is 0 Å². The van der Waals surface area contributed by atoms with Gasteiger partial charge in [-0.05, 0) is 0 Å². The van der Waals surface area contributed by atoms with Crippen molar-refractivity contribution in [3.8, 4) is 5.75 Å². The van der Waals surface area contributed by atoms with E-state index in [9.17, 15) is 4.79 Å². The topological polar surface area (TPSA) is 100 Å². The third-order valence-electron chi connectivity index (χ3n) is 1.28. The maximum Gasteiger partial charge on any atom is 0.226 e. The summed E-state index contributed by atoms with van der Waals surface area (Å²) < 4.78 is 4.78. The Labute approximate surface area is 67.9 Å². The van der Waals surface area contributed by atoms with Crippen LogP contribution < -0.4 is 11.2 Å². The van der Waals surface area contributed by atoms with E-state index in [0.29, 0.717) is 0 Å². The third-order valence-corrected chi connectivity index (χ3v) is 1.28. The molecule has 0 atom stereocenters. The van der Waals surface area contributed by atoms with Crippen LogP contribution in [0.25, 0.3) is 0 Å². The smallest absolute Gasteiger partial charge is 0.226 e. The van der Waals surface area contributed by atoms with Crippen LogP contribution in [0.3, 0.4) is 0 Å².